The highest BCUT2D eigenvalue weighted by molar-refractivity contribution is 6.33. The van der Waals surface area contributed by atoms with Crippen LogP contribution in [0, 0.1) is 5.92 Å². The standard InChI is InChI=1S/C32H40ClNO13/c1-15(2)30-43-14-22-27(46-30)24(37)26(39)32(45-22)47-28-21(13-41-29(40)18-7-5-4-6-8-18)44-31(25(38)23(28)36)42-12-17-9-10-19(33)20(11-17)34-16(3)35/h4-11,15,21-28,30-32,36-39H,12-14H2,1-3H3,(H,34,35)/t21-,22?,23+,24+,25-,26-,27?,28-,30+,31+,32+/m0/s1. The van der Waals surface area contributed by atoms with E-state index in [9.17, 15) is 30.0 Å². The number of fused-ring (bicyclic) bond motifs is 1. The Balaban J connectivity index is 1.31. The molecule has 15 heteroatoms. The van der Waals surface area contributed by atoms with Crippen molar-refractivity contribution < 1.29 is 63.2 Å². The minimum absolute atomic E-state index is 0.0150. The Kier molecular flexibility index (Phi) is 11.9. The van der Waals surface area contributed by atoms with Gasteiger partial charge in [0.15, 0.2) is 18.9 Å². The van der Waals surface area contributed by atoms with Gasteiger partial charge in [0, 0.05) is 12.8 Å². The summed E-state index contributed by atoms with van der Waals surface area (Å²) in [6, 6.07) is 13.0. The van der Waals surface area contributed by atoms with Crippen molar-refractivity contribution in [2.24, 2.45) is 5.92 Å². The summed E-state index contributed by atoms with van der Waals surface area (Å²) < 4.78 is 40.7. The van der Waals surface area contributed by atoms with Crippen LogP contribution in [0.4, 0.5) is 5.69 Å². The maximum absolute atomic E-state index is 12.8. The number of halogens is 1. The highest BCUT2D eigenvalue weighted by Gasteiger charge is 2.53. The predicted octanol–water partition coefficient (Wildman–Crippen LogP) is 1.35. The topological polar surface area (TPSA) is 192 Å². The monoisotopic (exact) mass is 681 g/mol. The molecular formula is C32H40ClNO13. The molecule has 0 bridgehead atoms. The lowest BCUT2D eigenvalue weighted by Gasteiger charge is -2.49. The number of anilines is 1. The van der Waals surface area contributed by atoms with Gasteiger partial charge in [-0.2, -0.15) is 0 Å². The summed E-state index contributed by atoms with van der Waals surface area (Å²) in [7, 11) is 0. The summed E-state index contributed by atoms with van der Waals surface area (Å²) in [5, 5.41) is 47.1. The second-order valence-electron chi connectivity index (χ2n) is 12.0. The Morgan fingerprint density at radius 1 is 0.957 bits per heavy atom. The fraction of sp³-hybridized carbons (Fsp3) is 0.562. The van der Waals surface area contributed by atoms with Gasteiger partial charge in [-0.15, -0.1) is 0 Å². The maximum atomic E-state index is 12.8. The zero-order chi connectivity index (χ0) is 33.8. The van der Waals surface area contributed by atoms with E-state index in [0.29, 0.717) is 16.3 Å². The van der Waals surface area contributed by atoms with E-state index in [1.165, 1.54) is 6.92 Å². The van der Waals surface area contributed by atoms with Crippen LogP contribution >= 0.6 is 11.6 Å². The van der Waals surface area contributed by atoms with Crippen molar-refractivity contribution in [3.63, 3.8) is 0 Å². The van der Waals surface area contributed by atoms with Gasteiger partial charge < -0.3 is 58.9 Å². The second-order valence-corrected chi connectivity index (χ2v) is 12.4. The van der Waals surface area contributed by atoms with Crippen LogP contribution < -0.4 is 5.32 Å². The smallest absolute Gasteiger partial charge is 0.338 e. The molecule has 47 heavy (non-hydrogen) atoms. The number of rotatable bonds is 10. The molecule has 3 aliphatic rings. The number of nitrogens with one attached hydrogen (secondary N) is 1. The van der Waals surface area contributed by atoms with Crippen molar-refractivity contribution in [2.75, 3.05) is 18.5 Å². The first-order valence-corrected chi connectivity index (χ1v) is 15.7. The van der Waals surface area contributed by atoms with E-state index in [1.807, 2.05) is 13.8 Å². The lowest BCUT2D eigenvalue weighted by Crippen LogP contribution is -2.66. The first kappa shape index (κ1) is 35.6. The number of amides is 1. The fourth-order valence-electron chi connectivity index (χ4n) is 5.50. The van der Waals surface area contributed by atoms with Gasteiger partial charge in [-0.25, -0.2) is 4.79 Å². The number of benzene rings is 2. The average Bonchev–Trinajstić information content (AvgIpc) is 3.05. The Bertz CT molecular complexity index is 1360. The Hall–Kier alpha value is -2.73. The van der Waals surface area contributed by atoms with E-state index in [4.69, 9.17) is 44.8 Å². The van der Waals surface area contributed by atoms with Crippen LogP contribution in [0.5, 0.6) is 0 Å². The van der Waals surface area contributed by atoms with Gasteiger partial charge in [0.25, 0.3) is 0 Å². The van der Waals surface area contributed by atoms with E-state index in [0.717, 1.165) is 0 Å². The van der Waals surface area contributed by atoms with Gasteiger partial charge in [-0.3, -0.25) is 4.79 Å². The molecule has 5 N–H and O–H groups in total. The number of aliphatic hydroxyl groups is 4. The molecule has 3 heterocycles. The zero-order valence-corrected chi connectivity index (χ0v) is 26.8. The van der Waals surface area contributed by atoms with Crippen molar-refractivity contribution >= 4 is 29.2 Å². The number of aliphatic hydroxyl groups excluding tert-OH is 4. The van der Waals surface area contributed by atoms with Gasteiger partial charge in [0.05, 0.1) is 29.5 Å². The average molecular weight is 682 g/mol. The van der Waals surface area contributed by atoms with Crippen LogP contribution in [0.2, 0.25) is 5.02 Å². The molecule has 2 aromatic carbocycles. The summed E-state index contributed by atoms with van der Waals surface area (Å²) in [4.78, 5) is 24.3. The highest BCUT2D eigenvalue weighted by Crippen LogP contribution is 2.34. The maximum Gasteiger partial charge on any atom is 0.338 e. The number of carbonyl (C=O) groups is 2. The SMILES string of the molecule is CC(=O)Nc1cc(CO[C@@H]2O[C@@H](COC(=O)c3ccccc3)[C@H](O[C@H]3OC4CO[C@@H](C(C)C)OC4[C@H](O)[C@@H]3O)[C@H](O)[C@@H]2O)ccc1Cl. The molecule has 2 aromatic rings. The third kappa shape index (κ3) is 8.47. The van der Waals surface area contributed by atoms with Gasteiger partial charge in [-0.05, 0) is 29.8 Å². The molecule has 0 aliphatic carbocycles. The van der Waals surface area contributed by atoms with Crippen molar-refractivity contribution in [3.05, 3.63) is 64.7 Å². The molecular weight excluding hydrogens is 642 g/mol. The van der Waals surface area contributed by atoms with Crippen molar-refractivity contribution in [1.82, 2.24) is 0 Å². The number of carbonyl (C=O) groups excluding carboxylic acids is 2. The number of hydrogen-bond donors (Lipinski definition) is 5. The number of hydrogen-bond acceptors (Lipinski definition) is 13. The van der Waals surface area contributed by atoms with Gasteiger partial charge in [0.2, 0.25) is 5.91 Å². The van der Waals surface area contributed by atoms with Crippen molar-refractivity contribution in [3.8, 4) is 0 Å². The van der Waals surface area contributed by atoms with Crippen LogP contribution in [-0.4, -0.2) is 113 Å². The van der Waals surface area contributed by atoms with Crippen molar-refractivity contribution in [1.29, 1.82) is 0 Å². The molecule has 0 radical (unpaired) electrons. The molecule has 2 unspecified atom stereocenters. The molecule has 3 saturated heterocycles. The minimum Gasteiger partial charge on any atom is -0.459 e. The molecule has 0 spiro atoms. The number of ether oxygens (including phenoxy) is 7. The Labute approximate surface area is 276 Å². The summed E-state index contributed by atoms with van der Waals surface area (Å²) in [5.41, 5.74) is 1.19. The second kappa shape index (κ2) is 15.7. The third-order valence-corrected chi connectivity index (χ3v) is 8.31. The lowest BCUT2D eigenvalue weighted by atomic mass is 9.96. The van der Waals surface area contributed by atoms with E-state index >= 15 is 0 Å². The molecule has 258 valence electrons. The normalized spacial score (nSPS) is 34.0. The molecule has 0 saturated carbocycles. The van der Waals surface area contributed by atoms with E-state index in [1.54, 1.807) is 48.5 Å². The molecule has 3 fully saturated rings. The van der Waals surface area contributed by atoms with E-state index in [-0.39, 0.29) is 30.6 Å². The molecule has 5 rings (SSSR count). The Morgan fingerprint density at radius 2 is 1.68 bits per heavy atom. The number of esters is 1. The molecule has 1 amide bonds. The first-order chi connectivity index (χ1) is 22.4. The third-order valence-electron chi connectivity index (χ3n) is 7.98. The highest BCUT2D eigenvalue weighted by atomic mass is 35.5. The Morgan fingerprint density at radius 3 is 2.38 bits per heavy atom. The van der Waals surface area contributed by atoms with Crippen molar-refractivity contribution in [2.45, 2.75) is 95.1 Å². The predicted molar refractivity (Wildman–Crippen MR) is 163 cm³/mol. The molecule has 11 atom stereocenters. The largest absolute Gasteiger partial charge is 0.459 e. The van der Waals surface area contributed by atoms with Crippen LogP contribution in [0.15, 0.2) is 48.5 Å². The van der Waals surface area contributed by atoms with Gasteiger partial charge in [0.1, 0.15) is 55.4 Å². The summed E-state index contributed by atoms with van der Waals surface area (Å²) in [6.07, 6.45) is -14.3. The molecule has 3 aliphatic heterocycles. The zero-order valence-electron chi connectivity index (χ0n) is 26.0. The van der Waals surface area contributed by atoms with Crippen LogP contribution in [-0.2, 0) is 44.6 Å². The minimum atomic E-state index is -1.69. The van der Waals surface area contributed by atoms with E-state index < -0.39 is 80.3 Å². The quantitative estimate of drug-likeness (QED) is 0.226. The lowest BCUT2D eigenvalue weighted by molar-refractivity contribution is -0.387. The molecule has 0 aromatic heterocycles. The van der Waals surface area contributed by atoms with Crippen LogP contribution in [0.3, 0.4) is 0 Å². The van der Waals surface area contributed by atoms with Gasteiger partial charge >= 0.3 is 5.97 Å². The molecule has 14 nitrogen and oxygen atoms in total. The summed E-state index contributed by atoms with van der Waals surface area (Å²) >= 11 is 6.16. The van der Waals surface area contributed by atoms with Crippen LogP contribution in [0.25, 0.3) is 0 Å². The van der Waals surface area contributed by atoms with Crippen LogP contribution in [0.1, 0.15) is 36.7 Å². The summed E-state index contributed by atoms with van der Waals surface area (Å²) in [6.45, 7) is 4.59. The summed E-state index contributed by atoms with van der Waals surface area (Å²) in [5.74, 6) is -1.02. The van der Waals surface area contributed by atoms with E-state index in [2.05, 4.69) is 5.32 Å². The fourth-order valence-corrected chi connectivity index (χ4v) is 5.66. The first-order valence-electron chi connectivity index (χ1n) is 15.3. The van der Waals surface area contributed by atoms with Gasteiger partial charge in [-0.1, -0.05) is 49.7 Å².